The molecule has 0 aromatic carbocycles. The van der Waals surface area contributed by atoms with Crippen molar-refractivity contribution in [3.8, 4) is 0 Å². The van der Waals surface area contributed by atoms with Crippen molar-refractivity contribution >= 4 is 11.9 Å². The first kappa shape index (κ1) is 15.0. The summed E-state index contributed by atoms with van der Waals surface area (Å²) in [7, 11) is 0. The zero-order valence-electron chi connectivity index (χ0n) is 12.6. The SMILES string of the molecule is CC(C)OC(=O)C1(C(=O)OC(C)C)CC2=C(CNC2)C1. The smallest absolute Gasteiger partial charge is 0.324 e. The minimum atomic E-state index is -1.17. The molecule has 1 aliphatic heterocycles. The average molecular weight is 281 g/mol. The molecule has 112 valence electrons. The van der Waals surface area contributed by atoms with Crippen LogP contribution in [0.5, 0.6) is 0 Å². The fourth-order valence-corrected chi connectivity index (χ4v) is 2.81. The van der Waals surface area contributed by atoms with E-state index in [9.17, 15) is 9.59 Å². The summed E-state index contributed by atoms with van der Waals surface area (Å²) in [5.74, 6) is -0.903. The van der Waals surface area contributed by atoms with Gasteiger partial charge in [-0.3, -0.25) is 9.59 Å². The molecule has 0 fully saturated rings. The predicted molar refractivity (Wildman–Crippen MR) is 74.0 cm³/mol. The molecule has 0 aromatic heterocycles. The third kappa shape index (κ3) is 2.73. The van der Waals surface area contributed by atoms with E-state index in [4.69, 9.17) is 9.47 Å². The Morgan fingerprint density at radius 2 is 1.35 bits per heavy atom. The number of carbonyl (C=O) groups is 2. The molecule has 1 N–H and O–H groups in total. The van der Waals surface area contributed by atoms with Crippen molar-refractivity contribution in [3.05, 3.63) is 11.1 Å². The maximum Gasteiger partial charge on any atom is 0.324 e. The van der Waals surface area contributed by atoms with E-state index in [0.29, 0.717) is 12.8 Å². The Morgan fingerprint density at radius 1 is 0.950 bits per heavy atom. The van der Waals surface area contributed by atoms with Crippen molar-refractivity contribution in [3.63, 3.8) is 0 Å². The van der Waals surface area contributed by atoms with Gasteiger partial charge < -0.3 is 14.8 Å². The van der Waals surface area contributed by atoms with Gasteiger partial charge in [-0.05, 0) is 40.5 Å². The Kier molecular flexibility index (Phi) is 4.18. The third-order valence-electron chi connectivity index (χ3n) is 3.67. The summed E-state index contributed by atoms with van der Waals surface area (Å²) in [5, 5.41) is 3.24. The zero-order valence-corrected chi connectivity index (χ0v) is 12.6. The monoisotopic (exact) mass is 281 g/mol. The van der Waals surface area contributed by atoms with Crippen LogP contribution in [0, 0.1) is 5.41 Å². The van der Waals surface area contributed by atoms with Crippen molar-refractivity contribution in [1.29, 1.82) is 0 Å². The Morgan fingerprint density at radius 3 is 1.70 bits per heavy atom. The molecule has 0 saturated heterocycles. The van der Waals surface area contributed by atoms with Gasteiger partial charge in [-0.15, -0.1) is 0 Å². The second kappa shape index (κ2) is 5.56. The summed E-state index contributed by atoms with van der Waals surface area (Å²) < 4.78 is 10.6. The van der Waals surface area contributed by atoms with Crippen LogP contribution in [0.25, 0.3) is 0 Å². The summed E-state index contributed by atoms with van der Waals surface area (Å²) in [6.07, 6.45) is 0.374. The second-order valence-electron chi connectivity index (χ2n) is 6.15. The summed E-state index contributed by atoms with van der Waals surface area (Å²) in [4.78, 5) is 24.9. The van der Waals surface area contributed by atoms with E-state index >= 15 is 0 Å². The molecule has 0 saturated carbocycles. The zero-order chi connectivity index (χ0) is 14.9. The van der Waals surface area contributed by atoms with E-state index in [2.05, 4.69) is 5.32 Å². The van der Waals surface area contributed by atoms with E-state index in [1.807, 2.05) is 0 Å². The minimum Gasteiger partial charge on any atom is -0.462 e. The van der Waals surface area contributed by atoms with E-state index in [0.717, 1.165) is 24.2 Å². The molecule has 5 nitrogen and oxygen atoms in total. The van der Waals surface area contributed by atoms with Gasteiger partial charge in [0.05, 0.1) is 12.2 Å². The Hall–Kier alpha value is -1.36. The Balaban J connectivity index is 2.21. The van der Waals surface area contributed by atoms with Gasteiger partial charge in [-0.2, -0.15) is 0 Å². The van der Waals surface area contributed by atoms with Gasteiger partial charge in [0.25, 0.3) is 0 Å². The molecule has 1 heterocycles. The van der Waals surface area contributed by atoms with Crippen molar-refractivity contribution in [2.75, 3.05) is 13.1 Å². The number of hydrogen-bond donors (Lipinski definition) is 1. The van der Waals surface area contributed by atoms with Gasteiger partial charge in [0.15, 0.2) is 5.41 Å². The summed E-state index contributed by atoms with van der Waals surface area (Å²) in [6.45, 7) is 8.66. The molecule has 1 aliphatic carbocycles. The summed E-state index contributed by atoms with van der Waals surface area (Å²) in [5.41, 5.74) is 1.15. The highest BCUT2D eigenvalue weighted by Crippen LogP contribution is 2.45. The quantitative estimate of drug-likeness (QED) is 0.481. The van der Waals surface area contributed by atoms with E-state index in [1.54, 1.807) is 27.7 Å². The molecule has 20 heavy (non-hydrogen) atoms. The highest BCUT2D eigenvalue weighted by Gasteiger charge is 2.54. The maximum absolute atomic E-state index is 12.5. The van der Waals surface area contributed by atoms with Crippen molar-refractivity contribution in [1.82, 2.24) is 5.32 Å². The topological polar surface area (TPSA) is 64.6 Å². The fourth-order valence-electron chi connectivity index (χ4n) is 2.81. The van der Waals surface area contributed by atoms with Gasteiger partial charge in [0.2, 0.25) is 0 Å². The molecule has 0 amide bonds. The molecular formula is C15H23NO4. The number of carbonyl (C=O) groups excluding carboxylic acids is 2. The summed E-state index contributed by atoms with van der Waals surface area (Å²) in [6, 6.07) is 0. The van der Waals surface area contributed by atoms with Crippen LogP contribution < -0.4 is 5.32 Å². The highest BCUT2D eigenvalue weighted by atomic mass is 16.6. The molecular weight excluding hydrogens is 258 g/mol. The normalized spacial score (nSPS) is 20.5. The molecule has 0 bridgehead atoms. The van der Waals surface area contributed by atoms with E-state index in [-0.39, 0.29) is 12.2 Å². The lowest BCUT2D eigenvalue weighted by atomic mass is 9.83. The molecule has 0 atom stereocenters. The van der Waals surface area contributed by atoms with Crippen LogP contribution in [0.2, 0.25) is 0 Å². The lowest BCUT2D eigenvalue weighted by molar-refractivity contribution is -0.176. The number of nitrogens with one attached hydrogen (secondary N) is 1. The number of hydrogen-bond acceptors (Lipinski definition) is 5. The number of ether oxygens (including phenoxy) is 2. The Labute approximate surface area is 119 Å². The van der Waals surface area contributed by atoms with Crippen molar-refractivity contribution in [2.24, 2.45) is 5.41 Å². The molecule has 0 unspecified atom stereocenters. The van der Waals surface area contributed by atoms with Gasteiger partial charge in [-0.1, -0.05) is 11.1 Å². The van der Waals surface area contributed by atoms with Crippen molar-refractivity contribution < 1.29 is 19.1 Å². The van der Waals surface area contributed by atoms with Gasteiger partial charge in [0.1, 0.15) is 0 Å². The van der Waals surface area contributed by atoms with Gasteiger partial charge >= 0.3 is 11.9 Å². The third-order valence-corrected chi connectivity index (χ3v) is 3.67. The van der Waals surface area contributed by atoms with Crippen LogP contribution in [0.15, 0.2) is 11.1 Å². The molecule has 0 aromatic rings. The first-order chi connectivity index (χ1) is 9.35. The highest BCUT2D eigenvalue weighted by molar-refractivity contribution is 6.01. The average Bonchev–Trinajstić information content (AvgIpc) is 2.84. The fraction of sp³-hybridized carbons (Fsp3) is 0.733. The van der Waals surface area contributed by atoms with Gasteiger partial charge in [0, 0.05) is 13.1 Å². The molecule has 2 rings (SSSR count). The summed E-state index contributed by atoms with van der Waals surface area (Å²) >= 11 is 0. The lowest BCUT2D eigenvalue weighted by Crippen LogP contribution is -2.43. The van der Waals surface area contributed by atoms with Crippen LogP contribution in [0.1, 0.15) is 40.5 Å². The first-order valence-electron chi connectivity index (χ1n) is 7.18. The van der Waals surface area contributed by atoms with E-state index < -0.39 is 17.4 Å². The van der Waals surface area contributed by atoms with Gasteiger partial charge in [-0.25, -0.2) is 0 Å². The molecule has 5 heteroatoms. The first-order valence-corrected chi connectivity index (χ1v) is 7.18. The van der Waals surface area contributed by atoms with Crippen LogP contribution in [0.3, 0.4) is 0 Å². The standard InChI is InChI=1S/C15H23NO4/c1-9(2)19-13(17)15(14(18)20-10(3)4)5-11-7-16-8-12(11)6-15/h9-10,16H,5-8H2,1-4H3. The van der Waals surface area contributed by atoms with Crippen LogP contribution in [0.4, 0.5) is 0 Å². The second-order valence-corrected chi connectivity index (χ2v) is 6.15. The van der Waals surface area contributed by atoms with Crippen LogP contribution in [-0.2, 0) is 19.1 Å². The van der Waals surface area contributed by atoms with E-state index in [1.165, 1.54) is 0 Å². The largest absolute Gasteiger partial charge is 0.462 e. The molecule has 0 radical (unpaired) electrons. The van der Waals surface area contributed by atoms with Crippen LogP contribution in [-0.4, -0.2) is 37.2 Å². The lowest BCUT2D eigenvalue weighted by Gasteiger charge is -2.28. The van der Waals surface area contributed by atoms with Crippen LogP contribution >= 0.6 is 0 Å². The maximum atomic E-state index is 12.5. The minimum absolute atomic E-state index is 0.236. The molecule has 0 spiro atoms. The number of esters is 2. The molecule has 2 aliphatic rings. The predicted octanol–water partition coefficient (Wildman–Crippen LogP) is 1.57. The Bertz CT molecular complexity index is 411. The number of rotatable bonds is 4. The van der Waals surface area contributed by atoms with Crippen molar-refractivity contribution in [2.45, 2.75) is 52.7 Å².